The van der Waals surface area contributed by atoms with Gasteiger partial charge in [0.25, 0.3) is 0 Å². The first kappa shape index (κ1) is 21.5. The minimum atomic E-state index is -0.721. The van der Waals surface area contributed by atoms with Gasteiger partial charge in [-0.3, -0.25) is 9.36 Å². The van der Waals surface area contributed by atoms with E-state index in [2.05, 4.69) is 15.5 Å². The maximum atomic E-state index is 14.6. The Bertz CT molecular complexity index is 1030. The third-order valence-electron chi connectivity index (χ3n) is 5.37. The van der Waals surface area contributed by atoms with Crippen LogP contribution in [0.3, 0.4) is 0 Å². The fourth-order valence-corrected chi connectivity index (χ4v) is 4.60. The van der Waals surface area contributed by atoms with Gasteiger partial charge in [0.1, 0.15) is 11.6 Å². The molecular weight excluding hydrogens is 418 g/mol. The fraction of sp³-hybridized carbons (Fsp3) is 0.348. The number of nitrogens with one attached hydrogen (secondary N) is 1. The molecule has 31 heavy (non-hydrogen) atoms. The quantitative estimate of drug-likeness (QED) is 0.424. The lowest BCUT2D eigenvalue weighted by Crippen LogP contribution is -2.35. The van der Waals surface area contributed by atoms with Crippen molar-refractivity contribution in [2.24, 2.45) is 0 Å². The maximum Gasteiger partial charge on any atom is 0.230 e. The van der Waals surface area contributed by atoms with E-state index in [9.17, 15) is 13.6 Å². The summed E-state index contributed by atoms with van der Waals surface area (Å²) in [5, 5.41) is 11.9. The second-order valence-corrected chi connectivity index (χ2v) is 8.59. The van der Waals surface area contributed by atoms with Crippen LogP contribution >= 0.6 is 11.8 Å². The van der Waals surface area contributed by atoms with Crippen molar-refractivity contribution in [3.8, 4) is 17.1 Å². The highest BCUT2D eigenvalue weighted by Crippen LogP contribution is 2.29. The monoisotopic (exact) mass is 442 g/mol. The van der Waals surface area contributed by atoms with E-state index in [0.717, 1.165) is 37.3 Å². The third-order valence-corrected chi connectivity index (χ3v) is 6.30. The van der Waals surface area contributed by atoms with E-state index < -0.39 is 11.6 Å². The van der Waals surface area contributed by atoms with Gasteiger partial charge in [-0.2, -0.15) is 0 Å². The Morgan fingerprint density at radius 3 is 2.48 bits per heavy atom. The van der Waals surface area contributed by atoms with E-state index in [1.165, 1.54) is 41.3 Å². The number of hydrogen-bond acceptors (Lipinski definition) is 4. The van der Waals surface area contributed by atoms with E-state index in [4.69, 9.17) is 0 Å². The first-order valence-electron chi connectivity index (χ1n) is 10.5. The molecule has 1 aliphatic rings. The van der Waals surface area contributed by atoms with Crippen LogP contribution in [0.1, 0.15) is 38.5 Å². The summed E-state index contributed by atoms with van der Waals surface area (Å²) in [6.45, 7) is 0. The minimum absolute atomic E-state index is 0.0766. The summed E-state index contributed by atoms with van der Waals surface area (Å²) < 4.78 is 29.6. The SMILES string of the molecule is O=C(CSc1nnc(-c2ccccc2)n1-c1ccc(F)cc1F)NC1CCCCCC1. The highest BCUT2D eigenvalue weighted by Gasteiger charge is 2.21. The van der Waals surface area contributed by atoms with Crippen molar-refractivity contribution >= 4 is 17.7 Å². The molecule has 1 saturated carbocycles. The molecule has 0 unspecified atom stereocenters. The predicted octanol–water partition coefficient (Wildman–Crippen LogP) is 5.14. The maximum absolute atomic E-state index is 14.6. The number of nitrogens with zero attached hydrogens (tertiary/aromatic N) is 3. The van der Waals surface area contributed by atoms with Crippen LogP contribution in [0.25, 0.3) is 17.1 Å². The number of aromatic nitrogens is 3. The van der Waals surface area contributed by atoms with Crippen molar-refractivity contribution < 1.29 is 13.6 Å². The van der Waals surface area contributed by atoms with E-state index in [0.29, 0.717) is 11.0 Å². The lowest BCUT2D eigenvalue weighted by Gasteiger charge is -2.16. The molecular formula is C23H24F2N4OS. The van der Waals surface area contributed by atoms with Crippen LogP contribution in [0.4, 0.5) is 8.78 Å². The molecule has 0 aliphatic heterocycles. The second kappa shape index (κ2) is 10.0. The van der Waals surface area contributed by atoms with Crippen molar-refractivity contribution in [1.82, 2.24) is 20.1 Å². The molecule has 5 nitrogen and oxygen atoms in total. The second-order valence-electron chi connectivity index (χ2n) is 7.65. The molecule has 162 valence electrons. The van der Waals surface area contributed by atoms with Gasteiger partial charge in [-0.25, -0.2) is 8.78 Å². The van der Waals surface area contributed by atoms with Gasteiger partial charge < -0.3 is 5.32 Å². The fourth-order valence-electron chi connectivity index (χ4n) is 3.84. The van der Waals surface area contributed by atoms with Crippen LogP contribution in [0, 0.1) is 11.6 Å². The lowest BCUT2D eigenvalue weighted by atomic mass is 10.1. The first-order chi connectivity index (χ1) is 15.1. The Morgan fingerprint density at radius 1 is 1.03 bits per heavy atom. The predicted molar refractivity (Wildman–Crippen MR) is 117 cm³/mol. The largest absolute Gasteiger partial charge is 0.353 e. The van der Waals surface area contributed by atoms with E-state index in [1.54, 1.807) is 0 Å². The summed E-state index contributed by atoms with van der Waals surface area (Å²) in [4.78, 5) is 12.5. The molecule has 8 heteroatoms. The van der Waals surface area contributed by atoms with Crippen LogP contribution < -0.4 is 5.32 Å². The van der Waals surface area contributed by atoms with Gasteiger partial charge in [-0.15, -0.1) is 10.2 Å². The standard InChI is InChI=1S/C23H24F2N4OS/c24-17-12-13-20(19(25)14-17)29-22(16-8-4-3-5-9-16)27-28-23(29)31-15-21(30)26-18-10-6-1-2-7-11-18/h3-5,8-9,12-14,18H,1-2,6-7,10-11,15H2,(H,26,30). The molecule has 1 aromatic heterocycles. The first-order valence-corrected chi connectivity index (χ1v) is 11.5. The number of rotatable bonds is 6. The van der Waals surface area contributed by atoms with Gasteiger partial charge >= 0.3 is 0 Å². The molecule has 1 N–H and O–H groups in total. The Balaban J connectivity index is 1.57. The van der Waals surface area contributed by atoms with Gasteiger partial charge in [0.05, 0.1) is 11.4 Å². The highest BCUT2D eigenvalue weighted by molar-refractivity contribution is 7.99. The zero-order chi connectivity index (χ0) is 21.6. The highest BCUT2D eigenvalue weighted by atomic mass is 32.2. The van der Waals surface area contributed by atoms with E-state index in [-0.39, 0.29) is 23.4 Å². The summed E-state index contributed by atoms with van der Waals surface area (Å²) in [7, 11) is 0. The van der Waals surface area contributed by atoms with Gasteiger partial charge in [0, 0.05) is 17.7 Å². The Morgan fingerprint density at radius 2 is 1.77 bits per heavy atom. The van der Waals surface area contributed by atoms with Gasteiger partial charge in [0.15, 0.2) is 11.0 Å². The molecule has 3 aromatic rings. The molecule has 1 heterocycles. The zero-order valence-electron chi connectivity index (χ0n) is 17.1. The van der Waals surface area contributed by atoms with Crippen LogP contribution in [0.5, 0.6) is 0 Å². The number of hydrogen-bond donors (Lipinski definition) is 1. The Labute approximate surface area is 184 Å². The molecule has 0 radical (unpaired) electrons. The molecule has 0 atom stereocenters. The Kier molecular flexibility index (Phi) is 6.96. The topological polar surface area (TPSA) is 59.8 Å². The Hall–Kier alpha value is -2.74. The third kappa shape index (κ3) is 5.31. The summed E-state index contributed by atoms with van der Waals surface area (Å²) in [6.07, 6.45) is 6.72. The summed E-state index contributed by atoms with van der Waals surface area (Å²) in [5.41, 5.74) is 0.880. The van der Waals surface area contributed by atoms with Crippen LogP contribution in [0.2, 0.25) is 0 Å². The molecule has 0 bridgehead atoms. The van der Waals surface area contributed by atoms with Crippen LogP contribution in [0.15, 0.2) is 53.7 Å². The average Bonchev–Trinajstić information content (AvgIpc) is 3.01. The van der Waals surface area contributed by atoms with Gasteiger partial charge in [-0.1, -0.05) is 67.8 Å². The molecule has 1 aliphatic carbocycles. The normalized spacial score (nSPS) is 14.9. The zero-order valence-corrected chi connectivity index (χ0v) is 17.9. The van der Waals surface area contributed by atoms with Crippen molar-refractivity contribution in [3.05, 3.63) is 60.2 Å². The number of carbonyl (C=O) groups is 1. The molecule has 0 saturated heterocycles. The summed E-state index contributed by atoms with van der Waals surface area (Å²) in [6, 6.07) is 12.8. The molecule has 2 aromatic carbocycles. The van der Waals surface area contributed by atoms with E-state index in [1.807, 2.05) is 30.3 Å². The van der Waals surface area contributed by atoms with Crippen molar-refractivity contribution in [3.63, 3.8) is 0 Å². The molecule has 0 spiro atoms. The molecule has 4 rings (SSSR count). The van der Waals surface area contributed by atoms with Crippen LogP contribution in [-0.2, 0) is 4.79 Å². The number of halogens is 2. The minimum Gasteiger partial charge on any atom is -0.353 e. The smallest absolute Gasteiger partial charge is 0.230 e. The lowest BCUT2D eigenvalue weighted by molar-refractivity contribution is -0.119. The summed E-state index contributed by atoms with van der Waals surface area (Å²) in [5.74, 6) is -0.883. The van der Waals surface area contributed by atoms with Crippen LogP contribution in [-0.4, -0.2) is 32.5 Å². The van der Waals surface area contributed by atoms with Gasteiger partial charge in [-0.05, 0) is 25.0 Å². The number of carbonyl (C=O) groups excluding carboxylic acids is 1. The summed E-state index contributed by atoms with van der Waals surface area (Å²) >= 11 is 1.19. The number of thioether (sulfide) groups is 1. The number of benzene rings is 2. The van der Waals surface area contributed by atoms with Crippen molar-refractivity contribution in [2.75, 3.05) is 5.75 Å². The van der Waals surface area contributed by atoms with E-state index >= 15 is 0 Å². The molecule has 1 fully saturated rings. The van der Waals surface area contributed by atoms with Gasteiger partial charge in [0.2, 0.25) is 5.91 Å². The molecule has 1 amide bonds. The van der Waals surface area contributed by atoms with Crippen molar-refractivity contribution in [2.45, 2.75) is 49.7 Å². The van der Waals surface area contributed by atoms with Crippen molar-refractivity contribution in [1.29, 1.82) is 0 Å². The number of amides is 1. The average molecular weight is 443 g/mol.